The lowest BCUT2D eigenvalue weighted by Crippen LogP contribution is -2.24. The topological polar surface area (TPSA) is 37.3 Å². The van der Waals surface area contributed by atoms with Crippen LogP contribution in [-0.2, 0) is 11.2 Å². The molecule has 0 aliphatic carbocycles. The second-order valence-electron chi connectivity index (χ2n) is 4.55. The zero-order valence-electron chi connectivity index (χ0n) is 9.56. The summed E-state index contributed by atoms with van der Waals surface area (Å²) in [5.74, 6) is -1.26. The first-order chi connectivity index (χ1) is 7.74. The maximum Gasteiger partial charge on any atom is 0.309 e. The molecule has 0 aliphatic heterocycles. The number of aliphatic carboxylic acids is 1. The molecule has 17 heavy (non-hydrogen) atoms. The molecule has 0 bridgehead atoms. The van der Waals surface area contributed by atoms with E-state index >= 15 is 0 Å². The van der Waals surface area contributed by atoms with Gasteiger partial charge in [0.2, 0.25) is 0 Å². The summed E-state index contributed by atoms with van der Waals surface area (Å²) in [7, 11) is 0. The van der Waals surface area contributed by atoms with Crippen molar-refractivity contribution in [2.24, 2.45) is 5.41 Å². The minimum Gasteiger partial charge on any atom is -0.481 e. The second-order valence-corrected chi connectivity index (χ2v) is 5.81. The summed E-state index contributed by atoms with van der Waals surface area (Å²) < 4.78 is 14.1. The molecule has 1 aromatic rings. The number of hydrogen-bond donors (Lipinski definition) is 1. The zero-order valence-corrected chi connectivity index (χ0v) is 11.9. The third-order valence-electron chi connectivity index (χ3n) is 2.69. The van der Waals surface area contributed by atoms with Crippen molar-refractivity contribution < 1.29 is 14.3 Å². The van der Waals surface area contributed by atoms with Crippen LogP contribution >= 0.6 is 27.5 Å². The average molecular weight is 324 g/mol. The van der Waals surface area contributed by atoms with Gasteiger partial charge in [-0.05, 0) is 60.3 Å². The third kappa shape index (κ3) is 3.68. The van der Waals surface area contributed by atoms with Crippen molar-refractivity contribution in [3.63, 3.8) is 0 Å². The van der Waals surface area contributed by atoms with Crippen LogP contribution in [0.15, 0.2) is 16.6 Å². The Kier molecular flexibility index (Phi) is 4.55. The first kappa shape index (κ1) is 14.5. The minimum absolute atomic E-state index is 0.345. The van der Waals surface area contributed by atoms with E-state index in [-0.39, 0.29) is 5.82 Å². The van der Waals surface area contributed by atoms with Gasteiger partial charge in [0, 0.05) is 4.47 Å². The largest absolute Gasteiger partial charge is 0.481 e. The number of hydrogen-bond acceptors (Lipinski definition) is 1. The Morgan fingerprint density at radius 1 is 1.53 bits per heavy atom. The highest BCUT2D eigenvalue weighted by molar-refractivity contribution is 9.10. The van der Waals surface area contributed by atoms with Crippen molar-refractivity contribution in [3.05, 3.63) is 33.0 Å². The van der Waals surface area contributed by atoms with Crippen LogP contribution in [0, 0.1) is 11.2 Å². The molecule has 0 amide bonds. The number of aryl methyl sites for hydroxylation is 1. The van der Waals surface area contributed by atoms with E-state index in [1.165, 1.54) is 12.1 Å². The van der Waals surface area contributed by atoms with Gasteiger partial charge in [-0.2, -0.15) is 0 Å². The molecule has 0 aliphatic rings. The van der Waals surface area contributed by atoms with Gasteiger partial charge in [-0.15, -0.1) is 0 Å². The molecule has 94 valence electrons. The number of carboxylic acids is 1. The highest BCUT2D eigenvalue weighted by Crippen LogP contribution is 2.29. The molecule has 1 N–H and O–H groups in total. The third-order valence-corrected chi connectivity index (χ3v) is 3.88. The molecule has 0 saturated heterocycles. The van der Waals surface area contributed by atoms with Gasteiger partial charge in [0.25, 0.3) is 0 Å². The Hall–Kier alpha value is -0.610. The fraction of sp³-hybridized carbons (Fsp3) is 0.417. The van der Waals surface area contributed by atoms with E-state index < -0.39 is 11.4 Å². The van der Waals surface area contributed by atoms with Crippen LogP contribution in [0.4, 0.5) is 4.39 Å². The highest BCUT2D eigenvalue weighted by atomic mass is 79.9. The smallest absolute Gasteiger partial charge is 0.309 e. The standard InChI is InChI=1S/C12H13BrClFO2/c1-12(2,11(16)17)4-3-7-5-9(14)8(13)6-10(7)15/h5-6H,3-4H2,1-2H3,(H,16,17). The van der Waals surface area contributed by atoms with E-state index in [1.54, 1.807) is 13.8 Å². The molecule has 0 spiro atoms. The van der Waals surface area contributed by atoms with Gasteiger partial charge < -0.3 is 5.11 Å². The zero-order chi connectivity index (χ0) is 13.2. The van der Waals surface area contributed by atoms with Crippen LogP contribution < -0.4 is 0 Å². The molecule has 1 aromatic carbocycles. The van der Waals surface area contributed by atoms with Gasteiger partial charge in [0.15, 0.2) is 0 Å². The summed E-state index contributed by atoms with van der Waals surface area (Å²) in [4.78, 5) is 10.9. The number of carbonyl (C=O) groups is 1. The van der Waals surface area contributed by atoms with E-state index in [2.05, 4.69) is 15.9 Å². The average Bonchev–Trinajstić information content (AvgIpc) is 2.21. The van der Waals surface area contributed by atoms with E-state index in [0.29, 0.717) is 27.9 Å². The lowest BCUT2D eigenvalue weighted by atomic mass is 9.86. The summed E-state index contributed by atoms with van der Waals surface area (Å²) in [5, 5.41) is 9.39. The first-order valence-electron chi connectivity index (χ1n) is 5.11. The Morgan fingerprint density at radius 3 is 2.65 bits per heavy atom. The lowest BCUT2D eigenvalue weighted by molar-refractivity contribution is -0.147. The Bertz CT molecular complexity index is 446. The van der Waals surface area contributed by atoms with E-state index in [1.807, 2.05) is 0 Å². The number of halogens is 3. The summed E-state index contributed by atoms with van der Waals surface area (Å²) in [6, 6.07) is 2.82. The van der Waals surface area contributed by atoms with Crippen LogP contribution in [-0.4, -0.2) is 11.1 Å². The molecule has 0 unspecified atom stereocenters. The van der Waals surface area contributed by atoms with E-state index in [4.69, 9.17) is 16.7 Å². The maximum absolute atomic E-state index is 13.6. The van der Waals surface area contributed by atoms with Crippen molar-refractivity contribution in [3.8, 4) is 0 Å². The molecule has 1 rings (SSSR count). The predicted octanol–water partition coefficient (Wildman–Crippen LogP) is 4.29. The van der Waals surface area contributed by atoms with Crippen LogP contribution in [0.3, 0.4) is 0 Å². The summed E-state index contributed by atoms with van der Waals surface area (Å²) in [6.07, 6.45) is 0.704. The molecular weight excluding hydrogens is 310 g/mol. The van der Waals surface area contributed by atoms with Crippen molar-refractivity contribution in [1.82, 2.24) is 0 Å². The Balaban J connectivity index is 2.83. The van der Waals surface area contributed by atoms with Gasteiger partial charge >= 0.3 is 5.97 Å². The van der Waals surface area contributed by atoms with Gasteiger partial charge in [0.1, 0.15) is 5.82 Å². The number of benzene rings is 1. The SMILES string of the molecule is CC(C)(CCc1cc(Cl)c(Br)cc1F)C(=O)O. The summed E-state index contributed by atoms with van der Waals surface area (Å²) in [6.45, 7) is 3.24. The van der Waals surface area contributed by atoms with Crippen molar-refractivity contribution in [2.45, 2.75) is 26.7 Å². The van der Waals surface area contributed by atoms with Crippen molar-refractivity contribution >= 4 is 33.5 Å². The highest BCUT2D eigenvalue weighted by Gasteiger charge is 2.27. The maximum atomic E-state index is 13.6. The normalized spacial score (nSPS) is 11.6. The molecule has 0 fully saturated rings. The molecule has 0 aromatic heterocycles. The Labute approximate surface area is 113 Å². The van der Waals surface area contributed by atoms with Crippen molar-refractivity contribution in [2.75, 3.05) is 0 Å². The monoisotopic (exact) mass is 322 g/mol. The van der Waals surface area contributed by atoms with E-state index in [0.717, 1.165) is 0 Å². The lowest BCUT2D eigenvalue weighted by Gasteiger charge is -2.19. The first-order valence-corrected chi connectivity index (χ1v) is 6.28. The quantitative estimate of drug-likeness (QED) is 0.840. The Morgan fingerprint density at radius 2 is 2.12 bits per heavy atom. The van der Waals surface area contributed by atoms with Crippen LogP contribution in [0.1, 0.15) is 25.8 Å². The van der Waals surface area contributed by atoms with Crippen LogP contribution in [0.5, 0.6) is 0 Å². The number of rotatable bonds is 4. The summed E-state index contributed by atoms with van der Waals surface area (Å²) >= 11 is 9.00. The van der Waals surface area contributed by atoms with Gasteiger partial charge in [-0.25, -0.2) is 4.39 Å². The van der Waals surface area contributed by atoms with Crippen LogP contribution in [0.2, 0.25) is 5.02 Å². The predicted molar refractivity (Wildman–Crippen MR) is 68.8 cm³/mol. The number of carboxylic acid groups (broad SMARTS) is 1. The molecule has 5 heteroatoms. The molecule has 0 atom stereocenters. The second kappa shape index (κ2) is 5.36. The fourth-order valence-corrected chi connectivity index (χ4v) is 1.81. The van der Waals surface area contributed by atoms with Gasteiger partial charge in [-0.3, -0.25) is 4.79 Å². The minimum atomic E-state index is -0.888. The molecule has 0 heterocycles. The fourth-order valence-electron chi connectivity index (χ4n) is 1.31. The molecule has 2 nitrogen and oxygen atoms in total. The molecule has 0 radical (unpaired) electrons. The van der Waals surface area contributed by atoms with Crippen LogP contribution in [0.25, 0.3) is 0 Å². The summed E-state index contributed by atoms with van der Waals surface area (Å²) in [5.41, 5.74) is -0.432. The molecule has 0 saturated carbocycles. The van der Waals surface area contributed by atoms with Gasteiger partial charge in [-0.1, -0.05) is 11.6 Å². The van der Waals surface area contributed by atoms with Gasteiger partial charge in [0.05, 0.1) is 10.4 Å². The van der Waals surface area contributed by atoms with E-state index in [9.17, 15) is 9.18 Å². The molecular formula is C12H13BrClFO2. The van der Waals surface area contributed by atoms with Crippen molar-refractivity contribution in [1.29, 1.82) is 0 Å².